The molecule has 0 amide bonds. The molecule has 1 aromatic carbocycles. The largest absolute Gasteiger partial charge is 0.338 e. The molecule has 120 valence electrons. The molecule has 0 aliphatic rings. The van der Waals surface area contributed by atoms with Gasteiger partial charge in [-0.1, -0.05) is 42.4 Å². The van der Waals surface area contributed by atoms with Crippen molar-refractivity contribution in [3.05, 3.63) is 42.0 Å². The predicted molar refractivity (Wildman–Crippen MR) is 87.6 cm³/mol. The van der Waals surface area contributed by atoms with Crippen molar-refractivity contribution < 1.29 is 4.52 Å². The van der Waals surface area contributed by atoms with E-state index in [4.69, 9.17) is 4.52 Å². The lowest BCUT2D eigenvalue weighted by Crippen LogP contribution is -2.04. The third kappa shape index (κ3) is 3.76. The van der Waals surface area contributed by atoms with Gasteiger partial charge < -0.3 is 4.52 Å². The summed E-state index contributed by atoms with van der Waals surface area (Å²) in [4.78, 5) is 4.48. The van der Waals surface area contributed by atoms with Crippen LogP contribution in [0.5, 0.6) is 0 Å². The van der Waals surface area contributed by atoms with E-state index in [9.17, 15) is 0 Å². The first-order chi connectivity index (χ1) is 11.3. The fourth-order valence-electron chi connectivity index (χ4n) is 2.09. The number of hydrogen-bond donors (Lipinski definition) is 0. The van der Waals surface area contributed by atoms with Gasteiger partial charge in [-0.25, -0.2) is 4.68 Å². The van der Waals surface area contributed by atoms with Crippen molar-refractivity contribution in [2.75, 3.05) is 0 Å². The Hall–Kier alpha value is -2.22. The molecule has 0 aliphatic carbocycles. The van der Waals surface area contributed by atoms with E-state index in [1.165, 1.54) is 0 Å². The van der Waals surface area contributed by atoms with E-state index in [2.05, 4.69) is 32.6 Å². The Morgan fingerprint density at radius 2 is 2.09 bits per heavy atom. The summed E-state index contributed by atoms with van der Waals surface area (Å²) in [6.07, 6.45) is 1.00. The predicted octanol–water partition coefficient (Wildman–Crippen LogP) is 3.13. The van der Waals surface area contributed by atoms with Crippen LogP contribution in [0, 0.1) is 0 Å². The molecule has 2 aromatic heterocycles. The third-order valence-electron chi connectivity index (χ3n) is 3.33. The van der Waals surface area contributed by atoms with E-state index >= 15 is 0 Å². The van der Waals surface area contributed by atoms with Crippen molar-refractivity contribution >= 4 is 11.8 Å². The number of aromatic nitrogens is 6. The Morgan fingerprint density at radius 3 is 2.87 bits per heavy atom. The maximum atomic E-state index is 5.39. The van der Waals surface area contributed by atoms with Crippen LogP contribution in [-0.4, -0.2) is 30.3 Å². The molecule has 0 aliphatic heterocycles. The van der Waals surface area contributed by atoms with Gasteiger partial charge in [0.1, 0.15) is 0 Å². The Kier molecular flexibility index (Phi) is 5.02. The third-order valence-corrected chi connectivity index (χ3v) is 4.45. The Bertz CT molecular complexity index is 741. The van der Waals surface area contributed by atoms with Crippen LogP contribution in [0.3, 0.4) is 0 Å². The average Bonchev–Trinajstić information content (AvgIpc) is 3.23. The van der Waals surface area contributed by atoms with Crippen molar-refractivity contribution in [3.8, 4) is 11.4 Å². The van der Waals surface area contributed by atoms with E-state index in [0.29, 0.717) is 17.5 Å². The van der Waals surface area contributed by atoms with E-state index in [0.717, 1.165) is 24.4 Å². The van der Waals surface area contributed by atoms with Crippen LogP contribution in [0.15, 0.2) is 34.9 Å². The van der Waals surface area contributed by atoms with Gasteiger partial charge >= 0.3 is 0 Å². The highest BCUT2D eigenvalue weighted by atomic mass is 32.2. The van der Waals surface area contributed by atoms with Gasteiger partial charge in [-0.05, 0) is 23.8 Å². The molecule has 0 N–H and O–H groups in total. The van der Waals surface area contributed by atoms with Crippen molar-refractivity contribution in [1.82, 2.24) is 30.3 Å². The van der Waals surface area contributed by atoms with Crippen LogP contribution >= 0.6 is 11.8 Å². The minimum Gasteiger partial charge on any atom is -0.338 e. The summed E-state index contributed by atoms with van der Waals surface area (Å²) in [5.74, 6) is 2.80. The van der Waals surface area contributed by atoms with Crippen molar-refractivity contribution in [2.45, 2.75) is 37.8 Å². The number of rotatable bonds is 7. The molecule has 0 bridgehead atoms. The van der Waals surface area contributed by atoms with Crippen LogP contribution in [0.2, 0.25) is 0 Å². The molecule has 7 nitrogen and oxygen atoms in total. The monoisotopic (exact) mass is 330 g/mol. The fraction of sp³-hybridized carbons (Fsp3) is 0.400. The van der Waals surface area contributed by atoms with E-state index < -0.39 is 0 Å². The molecule has 0 spiro atoms. The van der Waals surface area contributed by atoms with Crippen molar-refractivity contribution in [1.29, 1.82) is 0 Å². The SMILES string of the molecule is CCCn1nnnc1CS[C@H](C)c1nc(-c2ccccc2)no1. The zero-order valence-electron chi connectivity index (χ0n) is 13.1. The molecule has 0 radical (unpaired) electrons. The maximum absolute atomic E-state index is 5.39. The molecule has 0 unspecified atom stereocenters. The second kappa shape index (κ2) is 7.36. The number of tetrazole rings is 1. The van der Waals surface area contributed by atoms with Crippen LogP contribution in [0.4, 0.5) is 0 Å². The summed E-state index contributed by atoms with van der Waals surface area (Å²) in [5.41, 5.74) is 0.951. The lowest BCUT2D eigenvalue weighted by molar-refractivity contribution is 0.380. The maximum Gasteiger partial charge on any atom is 0.239 e. The number of nitrogens with zero attached hydrogens (tertiary/aromatic N) is 6. The van der Waals surface area contributed by atoms with Crippen LogP contribution in [-0.2, 0) is 12.3 Å². The van der Waals surface area contributed by atoms with Crippen molar-refractivity contribution in [3.63, 3.8) is 0 Å². The number of benzene rings is 1. The highest BCUT2D eigenvalue weighted by molar-refractivity contribution is 7.98. The van der Waals surface area contributed by atoms with E-state index in [-0.39, 0.29) is 5.25 Å². The summed E-state index contributed by atoms with van der Waals surface area (Å²) in [6, 6.07) is 9.80. The number of hydrogen-bond acceptors (Lipinski definition) is 7. The molecule has 3 aromatic rings. The molecule has 0 saturated carbocycles. The van der Waals surface area contributed by atoms with Crippen LogP contribution in [0.25, 0.3) is 11.4 Å². The molecule has 1 atom stereocenters. The number of thioether (sulfide) groups is 1. The number of aryl methyl sites for hydroxylation is 1. The normalized spacial score (nSPS) is 12.4. The fourth-order valence-corrected chi connectivity index (χ4v) is 2.93. The highest BCUT2D eigenvalue weighted by Gasteiger charge is 2.17. The second-order valence-corrected chi connectivity index (χ2v) is 6.42. The second-order valence-electron chi connectivity index (χ2n) is 5.09. The van der Waals surface area contributed by atoms with Gasteiger partial charge in [0.25, 0.3) is 0 Å². The average molecular weight is 330 g/mol. The first-order valence-electron chi connectivity index (χ1n) is 7.53. The molecule has 8 heteroatoms. The summed E-state index contributed by atoms with van der Waals surface area (Å²) in [6.45, 7) is 4.97. The molecule has 0 saturated heterocycles. The van der Waals surface area contributed by atoms with Gasteiger partial charge in [-0.3, -0.25) is 0 Å². The first kappa shape index (κ1) is 15.7. The van der Waals surface area contributed by atoms with Gasteiger partial charge in [0, 0.05) is 12.1 Å². The highest BCUT2D eigenvalue weighted by Crippen LogP contribution is 2.30. The Labute approximate surface area is 138 Å². The summed E-state index contributed by atoms with van der Waals surface area (Å²) in [5, 5.41) is 15.9. The Balaban J connectivity index is 1.64. The van der Waals surface area contributed by atoms with Crippen molar-refractivity contribution in [2.24, 2.45) is 0 Å². The minimum atomic E-state index is 0.0757. The lowest BCUT2D eigenvalue weighted by Gasteiger charge is -2.06. The molecular formula is C15H18N6OS. The van der Waals surface area contributed by atoms with E-state index in [1.54, 1.807) is 11.8 Å². The standard InChI is InChI=1S/C15H18N6OS/c1-3-9-21-13(17-19-20-21)10-23-11(2)15-16-14(18-22-15)12-7-5-4-6-8-12/h4-8,11H,3,9-10H2,1-2H3/t11-/m1/s1. The molecular weight excluding hydrogens is 312 g/mol. The molecule has 23 heavy (non-hydrogen) atoms. The topological polar surface area (TPSA) is 82.5 Å². The van der Waals surface area contributed by atoms with Crippen LogP contribution in [0.1, 0.15) is 37.2 Å². The summed E-state index contributed by atoms with van der Waals surface area (Å²) < 4.78 is 7.22. The molecule has 2 heterocycles. The van der Waals surface area contributed by atoms with Gasteiger partial charge in [-0.15, -0.1) is 16.9 Å². The Morgan fingerprint density at radius 1 is 1.26 bits per heavy atom. The van der Waals surface area contributed by atoms with Gasteiger partial charge in [0.15, 0.2) is 5.82 Å². The van der Waals surface area contributed by atoms with Crippen LogP contribution < -0.4 is 0 Å². The first-order valence-corrected chi connectivity index (χ1v) is 8.58. The van der Waals surface area contributed by atoms with Gasteiger partial charge in [-0.2, -0.15) is 4.98 Å². The minimum absolute atomic E-state index is 0.0757. The summed E-state index contributed by atoms with van der Waals surface area (Å²) >= 11 is 1.68. The quantitative estimate of drug-likeness (QED) is 0.658. The molecule has 3 rings (SSSR count). The summed E-state index contributed by atoms with van der Waals surface area (Å²) in [7, 11) is 0. The van der Waals surface area contributed by atoms with E-state index in [1.807, 2.05) is 41.9 Å². The lowest BCUT2D eigenvalue weighted by atomic mass is 10.2. The smallest absolute Gasteiger partial charge is 0.239 e. The zero-order valence-corrected chi connectivity index (χ0v) is 13.9. The van der Waals surface area contributed by atoms with Gasteiger partial charge in [0.05, 0.1) is 11.0 Å². The van der Waals surface area contributed by atoms with Gasteiger partial charge in [0.2, 0.25) is 11.7 Å². The zero-order chi connectivity index (χ0) is 16.1. The molecule has 0 fully saturated rings.